The number of carbonyl (C=O) groups excluding carboxylic acids is 3. The number of imide groups is 1. The minimum atomic E-state index is -4.85. The van der Waals surface area contributed by atoms with E-state index in [0.29, 0.717) is 28.3 Å². The van der Waals surface area contributed by atoms with E-state index < -0.39 is 29.5 Å². The fourth-order valence-corrected chi connectivity index (χ4v) is 4.64. The lowest BCUT2D eigenvalue weighted by Gasteiger charge is -2.29. The first-order valence-corrected chi connectivity index (χ1v) is 10.7. The average molecular weight is 486 g/mol. The monoisotopic (exact) mass is 486 g/mol. The number of piperidine rings is 1. The van der Waals surface area contributed by atoms with Gasteiger partial charge < -0.3 is 4.90 Å². The molecule has 1 atom stereocenters. The van der Waals surface area contributed by atoms with E-state index in [1.165, 1.54) is 28.9 Å². The Kier molecular flexibility index (Phi) is 5.22. The topological polar surface area (TPSA) is 84.3 Å². The Morgan fingerprint density at radius 1 is 1.06 bits per heavy atom. The Morgan fingerprint density at radius 2 is 1.83 bits per heavy atom. The number of nitrogens with zero attached hydrogens (tertiary/aromatic N) is 3. The van der Waals surface area contributed by atoms with Crippen LogP contribution >= 0.6 is 0 Å². The summed E-state index contributed by atoms with van der Waals surface area (Å²) in [6.45, 7) is 0.127. The molecule has 2 aromatic carbocycles. The third-order valence-electron chi connectivity index (χ3n) is 6.33. The third kappa shape index (κ3) is 3.76. The number of halogens is 4. The molecule has 2 aliphatic rings. The zero-order chi connectivity index (χ0) is 25.1. The van der Waals surface area contributed by atoms with E-state index in [1.807, 2.05) is 0 Å². The molecule has 1 N–H and O–H groups in total. The van der Waals surface area contributed by atoms with Gasteiger partial charge in [0.15, 0.2) is 0 Å². The summed E-state index contributed by atoms with van der Waals surface area (Å²) in [5, 5.41) is 6.36. The summed E-state index contributed by atoms with van der Waals surface area (Å²) in [6.07, 6.45) is -3.08. The standard InChI is InChI=1S/C24H18F4N4O3/c1-31-21(15-3-2-4-17(20(15)25)24(26,27)28)16(10-29-31)12-5-6-14-13(9-12)11-32(23(14)35)18-7-8-19(33)30-22(18)34/h2-6,9-10,18H,7-8,11H2,1H3,(H,30,33,34). The zero-order valence-electron chi connectivity index (χ0n) is 18.3. The van der Waals surface area contributed by atoms with Gasteiger partial charge in [-0.05, 0) is 41.8 Å². The van der Waals surface area contributed by atoms with Crippen LogP contribution in [-0.4, -0.2) is 38.4 Å². The second kappa shape index (κ2) is 8.03. The van der Waals surface area contributed by atoms with Gasteiger partial charge in [0.25, 0.3) is 5.91 Å². The SMILES string of the molecule is Cn1ncc(-c2ccc3c(c2)CN(C2CCC(=O)NC2=O)C3=O)c1-c1cccc(C(F)(F)F)c1F. The molecule has 7 nitrogen and oxygen atoms in total. The van der Waals surface area contributed by atoms with Crippen molar-refractivity contribution in [3.63, 3.8) is 0 Å². The quantitative estimate of drug-likeness (QED) is 0.452. The molecule has 2 aliphatic heterocycles. The maximum absolute atomic E-state index is 14.9. The van der Waals surface area contributed by atoms with Gasteiger partial charge in [-0.2, -0.15) is 18.3 Å². The smallest absolute Gasteiger partial charge is 0.322 e. The molecule has 3 amide bonds. The molecule has 5 rings (SSSR count). The number of aryl methyl sites for hydroxylation is 1. The fourth-order valence-electron chi connectivity index (χ4n) is 4.64. The van der Waals surface area contributed by atoms with Gasteiger partial charge in [-0.3, -0.25) is 24.4 Å². The van der Waals surface area contributed by atoms with Crippen molar-refractivity contribution in [3.8, 4) is 22.4 Å². The Balaban J connectivity index is 1.52. The van der Waals surface area contributed by atoms with Crippen LogP contribution in [0.5, 0.6) is 0 Å². The van der Waals surface area contributed by atoms with Crippen molar-refractivity contribution in [3.05, 3.63) is 65.1 Å². The number of carbonyl (C=O) groups is 3. The van der Waals surface area contributed by atoms with Gasteiger partial charge in [0.2, 0.25) is 11.8 Å². The third-order valence-corrected chi connectivity index (χ3v) is 6.33. The lowest BCUT2D eigenvalue weighted by Crippen LogP contribution is -2.52. The maximum atomic E-state index is 14.9. The van der Waals surface area contributed by atoms with Crippen molar-refractivity contribution in [1.82, 2.24) is 20.0 Å². The number of rotatable bonds is 3. The van der Waals surface area contributed by atoms with Crippen LogP contribution in [0.3, 0.4) is 0 Å². The lowest BCUT2D eigenvalue weighted by molar-refractivity contribution is -0.140. The number of benzene rings is 2. The Labute approximate surface area is 196 Å². The lowest BCUT2D eigenvalue weighted by atomic mass is 9.97. The van der Waals surface area contributed by atoms with Crippen LogP contribution in [-0.2, 0) is 29.4 Å². The van der Waals surface area contributed by atoms with Crippen molar-refractivity contribution in [1.29, 1.82) is 0 Å². The van der Waals surface area contributed by atoms with Crippen molar-refractivity contribution >= 4 is 17.7 Å². The molecule has 180 valence electrons. The fraction of sp³-hybridized carbons (Fsp3) is 0.250. The number of hydrogen-bond donors (Lipinski definition) is 1. The van der Waals surface area contributed by atoms with Gasteiger partial charge >= 0.3 is 6.18 Å². The van der Waals surface area contributed by atoms with Crippen LogP contribution in [0.25, 0.3) is 22.4 Å². The normalized spacial score (nSPS) is 18.1. The number of aromatic nitrogens is 2. The molecule has 0 spiro atoms. The van der Waals surface area contributed by atoms with E-state index in [0.717, 1.165) is 6.07 Å². The summed E-state index contributed by atoms with van der Waals surface area (Å²) in [5.74, 6) is -2.66. The van der Waals surface area contributed by atoms with Crippen LogP contribution in [0.2, 0.25) is 0 Å². The molecule has 0 bridgehead atoms. The number of hydrogen-bond acceptors (Lipinski definition) is 4. The van der Waals surface area contributed by atoms with Gasteiger partial charge in [0.05, 0.1) is 17.5 Å². The molecule has 3 heterocycles. The summed E-state index contributed by atoms with van der Waals surface area (Å²) in [5.41, 5.74) is 0.436. The number of fused-ring (bicyclic) bond motifs is 1. The molecule has 35 heavy (non-hydrogen) atoms. The Morgan fingerprint density at radius 3 is 2.54 bits per heavy atom. The van der Waals surface area contributed by atoms with Crippen LogP contribution in [0.4, 0.5) is 17.6 Å². The highest BCUT2D eigenvalue weighted by Crippen LogP contribution is 2.40. The van der Waals surface area contributed by atoms with E-state index in [9.17, 15) is 31.9 Å². The van der Waals surface area contributed by atoms with Crippen LogP contribution in [0.15, 0.2) is 42.6 Å². The summed E-state index contributed by atoms with van der Waals surface area (Å²) >= 11 is 0. The predicted octanol–water partition coefficient (Wildman–Crippen LogP) is 3.67. The first kappa shape index (κ1) is 22.8. The highest BCUT2D eigenvalue weighted by atomic mass is 19.4. The maximum Gasteiger partial charge on any atom is 0.419 e. The van der Waals surface area contributed by atoms with Gasteiger partial charge in [-0.25, -0.2) is 4.39 Å². The largest absolute Gasteiger partial charge is 0.419 e. The van der Waals surface area contributed by atoms with E-state index in [2.05, 4.69) is 10.4 Å². The second-order valence-electron chi connectivity index (χ2n) is 8.47. The first-order valence-electron chi connectivity index (χ1n) is 10.7. The molecule has 0 aliphatic carbocycles. The molecule has 1 fully saturated rings. The second-order valence-corrected chi connectivity index (χ2v) is 8.47. The molecule has 0 saturated carbocycles. The van der Waals surface area contributed by atoms with Crippen molar-refractivity contribution < 1.29 is 31.9 Å². The van der Waals surface area contributed by atoms with Gasteiger partial charge in [-0.15, -0.1) is 0 Å². The predicted molar refractivity (Wildman–Crippen MR) is 115 cm³/mol. The summed E-state index contributed by atoms with van der Waals surface area (Å²) < 4.78 is 56.0. The Bertz CT molecular complexity index is 1400. The summed E-state index contributed by atoms with van der Waals surface area (Å²) in [4.78, 5) is 38.0. The van der Waals surface area contributed by atoms with Crippen LogP contribution in [0, 0.1) is 5.82 Å². The van der Waals surface area contributed by atoms with Crippen LogP contribution < -0.4 is 5.32 Å². The van der Waals surface area contributed by atoms with E-state index >= 15 is 0 Å². The van der Waals surface area contributed by atoms with E-state index in [1.54, 1.807) is 18.2 Å². The zero-order valence-corrected chi connectivity index (χ0v) is 18.3. The molecule has 1 unspecified atom stereocenters. The minimum Gasteiger partial charge on any atom is -0.322 e. The van der Waals surface area contributed by atoms with E-state index in [-0.39, 0.29) is 42.5 Å². The molecular formula is C24H18F4N4O3. The van der Waals surface area contributed by atoms with Gasteiger partial charge in [0, 0.05) is 36.7 Å². The number of alkyl halides is 3. The molecule has 3 aromatic rings. The van der Waals surface area contributed by atoms with Crippen molar-refractivity contribution in [2.24, 2.45) is 7.05 Å². The first-order chi connectivity index (χ1) is 16.6. The minimum absolute atomic E-state index is 0.127. The van der Waals surface area contributed by atoms with Crippen molar-refractivity contribution in [2.45, 2.75) is 31.6 Å². The summed E-state index contributed by atoms with van der Waals surface area (Å²) in [6, 6.07) is 7.16. The molecule has 1 saturated heterocycles. The number of amides is 3. The van der Waals surface area contributed by atoms with Gasteiger partial charge in [-0.1, -0.05) is 12.1 Å². The molecule has 0 radical (unpaired) electrons. The highest BCUT2D eigenvalue weighted by Gasteiger charge is 2.39. The summed E-state index contributed by atoms with van der Waals surface area (Å²) in [7, 11) is 1.50. The van der Waals surface area contributed by atoms with Gasteiger partial charge in [0.1, 0.15) is 11.9 Å². The number of nitrogens with one attached hydrogen (secondary N) is 1. The Hall–Kier alpha value is -4.02. The highest BCUT2D eigenvalue weighted by molar-refractivity contribution is 6.05. The molecule has 11 heteroatoms. The van der Waals surface area contributed by atoms with Crippen molar-refractivity contribution in [2.75, 3.05) is 0 Å². The van der Waals surface area contributed by atoms with Crippen LogP contribution in [0.1, 0.15) is 34.3 Å². The average Bonchev–Trinajstić information content (AvgIpc) is 3.33. The molecular weight excluding hydrogens is 468 g/mol. The molecule has 1 aromatic heterocycles. The van der Waals surface area contributed by atoms with E-state index in [4.69, 9.17) is 0 Å².